The predicted molar refractivity (Wildman–Crippen MR) is 94.2 cm³/mol. The SMILES string of the molecule is NC(N)=NC(N)=Nc1ccc(CN2C(=O)c3ccccc3C2=O)cc1. The van der Waals surface area contributed by atoms with Gasteiger partial charge in [0.15, 0.2) is 5.96 Å². The Bertz CT molecular complexity index is 863. The number of amides is 2. The molecule has 0 unspecified atom stereocenters. The van der Waals surface area contributed by atoms with Crippen molar-refractivity contribution in [3.63, 3.8) is 0 Å². The molecule has 1 aliphatic rings. The summed E-state index contributed by atoms with van der Waals surface area (Å²) < 4.78 is 0. The van der Waals surface area contributed by atoms with E-state index < -0.39 is 0 Å². The average molecular weight is 336 g/mol. The van der Waals surface area contributed by atoms with E-state index in [1.807, 2.05) is 0 Å². The maximum atomic E-state index is 12.4. The number of imide groups is 1. The van der Waals surface area contributed by atoms with Crippen molar-refractivity contribution in [3.8, 4) is 0 Å². The van der Waals surface area contributed by atoms with Crippen molar-refractivity contribution in [2.45, 2.75) is 6.54 Å². The molecule has 8 heteroatoms. The summed E-state index contributed by atoms with van der Waals surface area (Å²) >= 11 is 0. The topological polar surface area (TPSA) is 140 Å². The van der Waals surface area contributed by atoms with Crippen LogP contribution in [0.4, 0.5) is 5.69 Å². The van der Waals surface area contributed by atoms with Crippen LogP contribution in [0.1, 0.15) is 26.3 Å². The fourth-order valence-electron chi connectivity index (χ4n) is 2.53. The van der Waals surface area contributed by atoms with Crippen LogP contribution in [0, 0.1) is 0 Å². The fourth-order valence-corrected chi connectivity index (χ4v) is 2.53. The van der Waals surface area contributed by atoms with Gasteiger partial charge in [0.1, 0.15) is 0 Å². The molecule has 1 aliphatic heterocycles. The zero-order chi connectivity index (χ0) is 18.0. The Morgan fingerprint density at radius 2 is 1.44 bits per heavy atom. The van der Waals surface area contributed by atoms with Gasteiger partial charge in [0.25, 0.3) is 11.8 Å². The van der Waals surface area contributed by atoms with Gasteiger partial charge < -0.3 is 17.2 Å². The van der Waals surface area contributed by atoms with E-state index in [0.29, 0.717) is 16.8 Å². The van der Waals surface area contributed by atoms with Crippen molar-refractivity contribution >= 4 is 29.4 Å². The van der Waals surface area contributed by atoms with Crippen LogP contribution in [-0.4, -0.2) is 28.6 Å². The number of nitrogens with two attached hydrogens (primary N) is 3. The molecule has 0 aromatic heterocycles. The minimum Gasteiger partial charge on any atom is -0.370 e. The van der Waals surface area contributed by atoms with E-state index in [2.05, 4.69) is 9.98 Å². The van der Waals surface area contributed by atoms with E-state index in [0.717, 1.165) is 5.56 Å². The lowest BCUT2D eigenvalue weighted by Gasteiger charge is -2.13. The molecule has 3 rings (SSSR count). The number of guanidine groups is 2. The summed E-state index contributed by atoms with van der Waals surface area (Å²) in [6.45, 7) is 0.180. The monoisotopic (exact) mass is 336 g/mol. The van der Waals surface area contributed by atoms with Gasteiger partial charge in [-0.3, -0.25) is 14.5 Å². The Hall–Kier alpha value is -3.68. The van der Waals surface area contributed by atoms with Gasteiger partial charge in [0.2, 0.25) is 5.96 Å². The smallest absolute Gasteiger partial charge is 0.261 e. The number of aliphatic imine (C=N–C) groups is 2. The van der Waals surface area contributed by atoms with Gasteiger partial charge in [-0.15, -0.1) is 0 Å². The van der Waals surface area contributed by atoms with Gasteiger partial charge in [-0.2, -0.15) is 4.99 Å². The predicted octanol–water partition coefficient (Wildman–Crippen LogP) is 0.702. The van der Waals surface area contributed by atoms with Gasteiger partial charge in [0, 0.05) is 0 Å². The molecular weight excluding hydrogens is 320 g/mol. The highest BCUT2D eigenvalue weighted by molar-refractivity contribution is 6.21. The number of hydrogen-bond acceptors (Lipinski definition) is 3. The van der Waals surface area contributed by atoms with Crippen molar-refractivity contribution in [2.24, 2.45) is 27.2 Å². The van der Waals surface area contributed by atoms with Gasteiger partial charge in [-0.05, 0) is 29.8 Å². The standard InChI is InChI=1S/C17H16N6O2/c18-16(19)22-17(20)21-11-7-5-10(6-8-11)9-23-14(24)12-3-1-2-4-13(12)15(23)25/h1-8H,9H2,(H6,18,19,20,21,22). The van der Waals surface area contributed by atoms with Crippen molar-refractivity contribution < 1.29 is 9.59 Å². The van der Waals surface area contributed by atoms with Crippen LogP contribution in [0.25, 0.3) is 0 Å². The van der Waals surface area contributed by atoms with Crippen LogP contribution >= 0.6 is 0 Å². The number of nitrogens with zero attached hydrogens (tertiary/aromatic N) is 3. The molecule has 0 bridgehead atoms. The van der Waals surface area contributed by atoms with Crippen LogP contribution in [0.2, 0.25) is 0 Å². The highest BCUT2D eigenvalue weighted by Crippen LogP contribution is 2.24. The highest BCUT2D eigenvalue weighted by Gasteiger charge is 2.34. The van der Waals surface area contributed by atoms with Crippen molar-refractivity contribution in [3.05, 3.63) is 65.2 Å². The average Bonchev–Trinajstić information content (AvgIpc) is 2.81. The Kier molecular flexibility index (Phi) is 4.17. The molecule has 8 nitrogen and oxygen atoms in total. The summed E-state index contributed by atoms with van der Waals surface area (Å²) in [6, 6.07) is 13.7. The number of fused-ring (bicyclic) bond motifs is 1. The third-order valence-electron chi connectivity index (χ3n) is 3.64. The summed E-state index contributed by atoms with van der Waals surface area (Å²) in [5, 5.41) is 0. The Morgan fingerprint density at radius 3 is 1.96 bits per heavy atom. The molecule has 6 N–H and O–H groups in total. The first-order valence-electron chi connectivity index (χ1n) is 7.43. The molecule has 0 spiro atoms. The molecule has 2 aromatic carbocycles. The zero-order valence-corrected chi connectivity index (χ0v) is 13.2. The lowest BCUT2D eigenvalue weighted by molar-refractivity contribution is 0.0642. The molecule has 2 aromatic rings. The normalized spacial score (nSPS) is 13.8. The molecule has 1 heterocycles. The Morgan fingerprint density at radius 1 is 0.880 bits per heavy atom. The molecule has 2 amide bonds. The first-order valence-corrected chi connectivity index (χ1v) is 7.43. The maximum absolute atomic E-state index is 12.4. The van der Waals surface area contributed by atoms with Gasteiger partial charge in [-0.25, -0.2) is 4.99 Å². The van der Waals surface area contributed by atoms with Gasteiger partial charge in [0.05, 0.1) is 23.4 Å². The molecule has 0 atom stereocenters. The highest BCUT2D eigenvalue weighted by atomic mass is 16.2. The number of carbonyl (C=O) groups excluding carboxylic acids is 2. The molecule has 25 heavy (non-hydrogen) atoms. The number of rotatable bonds is 3. The summed E-state index contributed by atoms with van der Waals surface area (Å²) in [6.07, 6.45) is 0. The second-order valence-corrected chi connectivity index (χ2v) is 5.42. The van der Waals surface area contributed by atoms with Crippen LogP contribution < -0.4 is 17.2 Å². The Balaban J connectivity index is 1.76. The number of hydrogen-bond donors (Lipinski definition) is 3. The molecule has 126 valence electrons. The summed E-state index contributed by atoms with van der Waals surface area (Å²) in [5.41, 5.74) is 18.2. The van der Waals surface area contributed by atoms with Crippen molar-refractivity contribution in [1.29, 1.82) is 0 Å². The lowest BCUT2D eigenvalue weighted by Crippen LogP contribution is -2.29. The zero-order valence-electron chi connectivity index (χ0n) is 13.2. The first-order chi connectivity index (χ1) is 12.0. The summed E-state index contributed by atoms with van der Waals surface area (Å²) in [7, 11) is 0. The first kappa shape index (κ1) is 16.2. The van der Waals surface area contributed by atoms with E-state index in [9.17, 15) is 9.59 Å². The van der Waals surface area contributed by atoms with E-state index in [-0.39, 0.29) is 30.3 Å². The van der Waals surface area contributed by atoms with E-state index in [1.54, 1.807) is 48.5 Å². The number of benzene rings is 2. The van der Waals surface area contributed by atoms with E-state index >= 15 is 0 Å². The third-order valence-corrected chi connectivity index (χ3v) is 3.64. The van der Waals surface area contributed by atoms with Crippen LogP contribution in [-0.2, 0) is 6.54 Å². The van der Waals surface area contributed by atoms with Crippen LogP contribution in [0.5, 0.6) is 0 Å². The quantitative estimate of drug-likeness (QED) is 0.430. The van der Waals surface area contributed by atoms with E-state index in [1.165, 1.54) is 4.90 Å². The Labute approximate surface area is 143 Å². The van der Waals surface area contributed by atoms with E-state index in [4.69, 9.17) is 17.2 Å². The van der Waals surface area contributed by atoms with Crippen LogP contribution in [0.15, 0.2) is 58.5 Å². The molecule has 0 fully saturated rings. The van der Waals surface area contributed by atoms with Crippen LogP contribution in [0.3, 0.4) is 0 Å². The number of carbonyl (C=O) groups is 2. The van der Waals surface area contributed by atoms with Crippen molar-refractivity contribution in [1.82, 2.24) is 4.90 Å². The maximum Gasteiger partial charge on any atom is 0.261 e. The van der Waals surface area contributed by atoms with Gasteiger partial charge in [-0.1, -0.05) is 24.3 Å². The minimum absolute atomic E-state index is 0.0619. The second-order valence-electron chi connectivity index (χ2n) is 5.42. The second kappa shape index (κ2) is 6.44. The summed E-state index contributed by atoms with van der Waals surface area (Å²) in [5.74, 6) is -0.823. The fraction of sp³-hybridized carbons (Fsp3) is 0.0588. The molecule has 0 saturated heterocycles. The molecular formula is C17H16N6O2. The summed E-state index contributed by atoms with van der Waals surface area (Å²) in [4.78, 5) is 33.6. The molecule has 0 saturated carbocycles. The van der Waals surface area contributed by atoms with Crippen molar-refractivity contribution in [2.75, 3.05) is 0 Å². The molecule has 0 aliphatic carbocycles. The van der Waals surface area contributed by atoms with Gasteiger partial charge >= 0.3 is 0 Å². The third kappa shape index (κ3) is 3.32. The molecule has 0 radical (unpaired) electrons. The lowest BCUT2D eigenvalue weighted by atomic mass is 10.1. The minimum atomic E-state index is -0.292. The largest absolute Gasteiger partial charge is 0.370 e.